The normalized spacial score (nSPS) is 10.4. The van der Waals surface area contributed by atoms with Gasteiger partial charge in [-0.05, 0) is 31.0 Å². The molecule has 1 amide bonds. The van der Waals surface area contributed by atoms with Crippen molar-refractivity contribution in [1.82, 2.24) is 4.98 Å². The van der Waals surface area contributed by atoms with E-state index < -0.39 is 5.91 Å². The maximum atomic E-state index is 12.2. The van der Waals surface area contributed by atoms with Crippen molar-refractivity contribution in [1.29, 1.82) is 0 Å². The summed E-state index contributed by atoms with van der Waals surface area (Å²) in [5, 5.41) is 3.14. The van der Waals surface area contributed by atoms with Crippen molar-refractivity contribution in [2.45, 2.75) is 13.8 Å². The van der Waals surface area contributed by atoms with Crippen LogP contribution in [0.2, 0.25) is 15.1 Å². The molecule has 20 heavy (non-hydrogen) atoms. The van der Waals surface area contributed by atoms with Gasteiger partial charge in [0.05, 0.1) is 15.1 Å². The van der Waals surface area contributed by atoms with E-state index in [2.05, 4.69) is 10.3 Å². The average Bonchev–Trinajstić information content (AvgIpc) is 2.41. The molecule has 1 heterocycles. The minimum Gasteiger partial charge on any atom is -0.320 e. The second-order valence-corrected chi connectivity index (χ2v) is 5.45. The van der Waals surface area contributed by atoms with E-state index in [0.29, 0.717) is 5.69 Å². The van der Waals surface area contributed by atoms with E-state index in [9.17, 15) is 4.79 Å². The molecule has 2 rings (SSSR count). The van der Waals surface area contributed by atoms with Crippen molar-refractivity contribution in [2.24, 2.45) is 0 Å². The quantitative estimate of drug-likeness (QED) is 0.850. The highest BCUT2D eigenvalue weighted by Gasteiger charge is 2.17. The van der Waals surface area contributed by atoms with E-state index in [4.69, 9.17) is 34.8 Å². The van der Waals surface area contributed by atoms with Gasteiger partial charge in [0.15, 0.2) is 0 Å². The minimum absolute atomic E-state index is 0.0435. The van der Waals surface area contributed by atoms with Crippen LogP contribution in [0.5, 0.6) is 0 Å². The number of pyridine rings is 1. The lowest BCUT2D eigenvalue weighted by Crippen LogP contribution is -2.15. The molecule has 104 valence electrons. The van der Waals surface area contributed by atoms with Crippen molar-refractivity contribution in [3.05, 3.63) is 56.3 Å². The van der Waals surface area contributed by atoms with Gasteiger partial charge in [0.2, 0.25) is 0 Å². The topological polar surface area (TPSA) is 42.0 Å². The number of benzene rings is 1. The van der Waals surface area contributed by atoms with Gasteiger partial charge in [-0.2, -0.15) is 0 Å². The summed E-state index contributed by atoms with van der Waals surface area (Å²) in [6.45, 7) is 3.89. The first-order valence-corrected chi connectivity index (χ1v) is 6.92. The summed E-state index contributed by atoms with van der Waals surface area (Å²) in [5.74, 6) is -0.428. The van der Waals surface area contributed by atoms with Crippen molar-refractivity contribution in [3.8, 4) is 0 Å². The highest BCUT2D eigenvalue weighted by atomic mass is 35.5. The molecule has 0 unspecified atom stereocenters. The number of aryl methyl sites for hydroxylation is 1. The monoisotopic (exact) mass is 328 g/mol. The molecule has 0 fully saturated rings. The molecule has 0 saturated heterocycles. The third-order valence-corrected chi connectivity index (χ3v) is 4.23. The largest absolute Gasteiger partial charge is 0.320 e. The van der Waals surface area contributed by atoms with Crippen LogP contribution in [-0.2, 0) is 0 Å². The molecule has 6 heteroatoms. The first kappa shape index (κ1) is 15.1. The standard InChI is InChI=1S/C14H11Cl3N2O/c1-7-4-3-5-10(8(7)2)19-14(20)13-12(17)11(16)9(15)6-18-13/h3-6H,1-2H3,(H,19,20). The van der Waals surface area contributed by atoms with Crippen molar-refractivity contribution in [2.75, 3.05) is 5.32 Å². The van der Waals surface area contributed by atoms with Gasteiger partial charge in [-0.15, -0.1) is 0 Å². The van der Waals surface area contributed by atoms with Gasteiger partial charge in [-0.25, -0.2) is 4.98 Å². The Bertz CT molecular complexity index is 686. The SMILES string of the molecule is Cc1cccc(NC(=O)c2ncc(Cl)c(Cl)c2Cl)c1C. The Morgan fingerprint density at radius 3 is 2.55 bits per heavy atom. The van der Waals surface area contributed by atoms with Gasteiger partial charge in [0.25, 0.3) is 5.91 Å². The average molecular weight is 330 g/mol. The van der Waals surface area contributed by atoms with Crippen LogP contribution in [0, 0.1) is 13.8 Å². The first-order valence-electron chi connectivity index (χ1n) is 5.79. The molecular formula is C14H11Cl3N2O. The molecule has 0 bridgehead atoms. The van der Waals surface area contributed by atoms with Gasteiger partial charge in [0, 0.05) is 11.9 Å². The summed E-state index contributed by atoms with van der Waals surface area (Å²) < 4.78 is 0. The third-order valence-electron chi connectivity index (χ3n) is 2.99. The number of halogens is 3. The fourth-order valence-electron chi connectivity index (χ4n) is 1.67. The summed E-state index contributed by atoms with van der Waals surface area (Å²) >= 11 is 17.7. The number of aromatic nitrogens is 1. The predicted molar refractivity (Wildman–Crippen MR) is 83.1 cm³/mol. The van der Waals surface area contributed by atoms with E-state index in [1.165, 1.54) is 6.20 Å². The number of anilines is 1. The number of carbonyl (C=O) groups is 1. The maximum Gasteiger partial charge on any atom is 0.275 e. The molecule has 0 aliphatic rings. The third kappa shape index (κ3) is 2.90. The Kier molecular flexibility index (Phi) is 4.53. The summed E-state index contributed by atoms with van der Waals surface area (Å²) in [5.41, 5.74) is 2.81. The van der Waals surface area contributed by atoms with E-state index in [-0.39, 0.29) is 20.8 Å². The summed E-state index contributed by atoms with van der Waals surface area (Å²) in [7, 11) is 0. The molecule has 0 radical (unpaired) electrons. The van der Waals surface area contributed by atoms with Gasteiger partial charge in [0.1, 0.15) is 5.69 Å². The van der Waals surface area contributed by atoms with Crippen molar-refractivity contribution < 1.29 is 4.79 Å². The van der Waals surface area contributed by atoms with Crippen LogP contribution in [0.25, 0.3) is 0 Å². The molecule has 2 aromatic rings. The Hall–Kier alpha value is -1.29. The lowest BCUT2D eigenvalue weighted by atomic mass is 10.1. The van der Waals surface area contributed by atoms with Crippen LogP contribution in [0.1, 0.15) is 21.6 Å². The van der Waals surface area contributed by atoms with Gasteiger partial charge in [-0.1, -0.05) is 46.9 Å². The second kappa shape index (κ2) is 6.00. The Labute approximate surface area is 131 Å². The Morgan fingerprint density at radius 1 is 1.15 bits per heavy atom. The molecule has 0 aliphatic heterocycles. The zero-order chi connectivity index (χ0) is 14.9. The number of hydrogen-bond donors (Lipinski definition) is 1. The van der Waals surface area contributed by atoms with Crippen LogP contribution in [0.15, 0.2) is 24.4 Å². The zero-order valence-electron chi connectivity index (χ0n) is 10.8. The number of hydrogen-bond acceptors (Lipinski definition) is 2. The lowest BCUT2D eigenvalue weighted by Gasteiger charge is -2.11. The van der Waals surface area contributed by atoms with E-state index >= 15 is 0 Å². The molecule has 1 aromatic heterocycles. The number of carbonyl (C=O) groups excluding carboxylic acids is 1. The minimum atomic E-state index is -0.428. The number of nitrogens with zero attached hydrogens (tertiary/aromatic N) is 1. The molecule has 1 N–H and O–H groups in total. The van der Waals surface area contributed by atoms with Crippen molar-refractivity contribution in [3.63, 3.8) is 0 Å². The van der Waals surface area contributed by atoms with Gasteiger partial charge in [-0.3, -0.25) is 4.79 Å². The first-order chi connectivity index (χ1) is 9.41. The van der Waals surface area contributed by atoms with Crippen LogP contribution in [-0.4, -0.2) is 10.9 Å². The lowest BCUT2D eigenvalue weighted by molar-refractivity contribution is 0.102. The molecule has 0 aliphatic carbocycles. The second-order valence-electron chi connectivity index (χ2n) is 4.28. The van der Waals surface area contributed by atoms with Gasteiger partial charge >= 0.3 is 0 Å². The summed E-state index contributed by atoms with van der Waals surface area (Å²) in [4.78, 5) is 16.1. The molecule has 0 spiro atoms. The summed E-state index contributed by atoms with van der Waals surface area (Å²) in [6.07, 6.45) is 1.30. The fourth-order valence-corrected chi connectivity index (χ4v) is 2.24. The highest BCUT2D eigenvalue weighted by Crippen LogP contribution is 2.31. The van der Waals surface area contributed by atoms with Crippen LogP contribution >= 0.6 is 34.8 Å². The van der Waals surface area contributed by atoms with Crippen LogP contribution in [0.4, 0.5) is 5.69 Å². The van der Waals surface area contributed by atoms with Crippen molar-refractivity contribution >= 4 is 46.4 Å². The molecule has 1 aromatic carbocycles. The maximum absolute atomic E-state index is 12.2. The van der Waals surface area contributed by atoms with E-state index in [0.717, 1.165) is 11.1 Å². The number of nitrogens with one attached hydrogen (secondary N) is 1. The summed E-state index contributed by atoms with van der Waals surface area (Å²) in [6, 6.07) is 5.64. The highest BCUT2D eigenvalue weighted by molar-refractivity contribution is 6.49. The molecule has 0 saturated carbocycles. The fraction of sp³-hybridized carbons (Fsp3) is 0.143. The van der Waals surface area contributed by atoms with Gasteiger partial charge < -0.3 is 5.32 Å². The smallest absolute Gasteiger partial charge is 0.275 e. The molecule has 0 atom stereocenters. The molecule has 3 nitrogen and oxygen atoms in total. The van der Waals surface area contributed by atoms with E-state index in [1.807, 2.05) is 32.0 Å². The predicted octanol–water partition coefficient (Wildman–Crippen LogP) is 4.91. The Morgan fingerprint density at radius 2 is 1.85 bits per heavy atom. The van der Waals surface area contributed by atoms with Crippen LogP contribution < -0.4 is 5.32 Å². The molecular weight excluding hydrogens is 319 g/mol. The Balaban J connectivity index is 2.34. The zero-order valence-corrected chi connectivity index (χ0v) is 13.1. The van der Waals surface area contributed by atoms with Crippen LogP contribution in [0.3, 0.4) is 0 Å². The van der Waals surface area contributed by atoms with E-state index in [1.54, 1.807) is 0 Å². The number of amides is 1. The number of rotatable bonds is 2.